The Balaban J connectivity index is 2.00. The molecule has 26 heavy (non-hydrogen) atoms. The number of benzene rings is 2. The van der Waals surface area contributed by atoms with Gasteiger partial charge in [0.25, 0.3) is 0 Å². The predicted octanol–water partition coefficient (Wildman–Crippen LogP) is 2.73. The lowest BCUT2D eigenvalue weighted by Crippen LogP contribution is -2.17. The van der Waals surface area contributed by atoms with Crippen molar-refractivity contribution >= 4 is 12.1 Å². The fourth-order valence-electron chi connectivity index (χ4n) is 3.07. The van der Waals surface area contributed by atoms with Crippen LogP contribution in [-0.2, 0) is 4.79 Å². The van der Waals surface area contributed by atoms with E-state index in [2.05, 4.69) is 5.10 Å². The summed E-state index contributed by atoms with van der Waals surface area (Å²) in [5.41, 5.74) is 2.03. The van der Waals surface area contributed by atoms with Gasteiger partial charge < -0.3 is 19.3 Å². The molecule has 3 rings (SSSR count). The van der Waals surface area contributed by atoms with Crippen molar-refractivity contribution in [2.24, 2.45) is 5.10 Å². The number of amides is 1. The molecule has 0 saturated heterocycles. The Labute approximate surface area is 151 Å². The van der Waals surface area contributed by atoms with Crippen molar-refractivity contribution in [2.45, 2.75) is 12.5 Å². The van der Waals surface area contributed by atoms with Gasteiger partial charge in [0, 0.05) is 12.0 Å². The van der Waals surface area contributed by atoms with E-state index in [4.69, 9.17) is 14.2 Å². The highest BCUT2D eigenvalue weighted by atomic mass is 16.5. The van der Waals surface area contributed by atoms with Crippen molar-refractivity contribution in [1.82, 2.24) is 5.01 Å². The number of ether oxygens (including phenoxy) is 3. The summed E-state index contributed by atoms with van der Waals surface area (Å²) in [6.07, 6.45) is 1.12. The predicted molar refractivity (Wildman–Crippen MR) is 96.0 cm³/mol. The first-order valence-electron chi connectivity index (χ1n) is 8.02. The molecule has 0 unspecified atom stereocenters. The molecule has 1 aliphatic heterocycles. The summed E-state index contributed by atoms with van der Waals surface area (Å²) in [5, 5.41) is 15.8. The van der Waals surface area contributed by atoms with Crippen LogP contribution in [0.2, 0.25) is 0 Å². The van der Waals surface area contributed by atoms with E-state index in [0.717, 1.165) is 5.56 Å². The van der Waals surface area contributed by atoms with Gasteiger partial charge in [0.1, 0.15) is 5.75 Å². The van der Waals surface area contributed by atoms with E-state index in [9.17, 15) is 9.90 Å². The van der Waals surface area contributed by atoms with E-state index < -0.39 is 0 Å². The van der Waals surface area contributed by atoms with Crippen LogP contribution in [0.25, 0.3) is 0 Å². The molecule has 1 N–H and O–H groups in total. The van der Waals surface area contributed by atoms with E-state index in [1.54, 1.807) is 30.3 Å². The third-order valence-electron chi connectivity index (χ3n) is 4.34. The average molecular weight is 356 g/mol. The van der Waals surface area contributed by atoms with Gasteiger partial charge >= 0.3 is 0 Å². The van der Waals surface area contributed by atoms with Gasteiger partial charge in [-0.1, -0.05) is 12.1 Å². The summed E-state index contributed by atoms with van der Waals surface area (Å²) in [6.45, 7) is 0. The maximum atomic E-state index is 11.6. The molecular formula is C19H20N2O5. The summed E-state index contributed by atoms with van der Waals surface area (Å²) in [7, 11) is 4.61. The van der Waals surface area contributed by atoms with Crippen LogP contribution in [0.1, 0.15) is 23.6 Å². The van der Waals surface area contributed by atoms with Crippen LogP contribution in [0.15, 0.2) is 41.5 Å². The molecule has 2 aromatic carbocycles. The fourth-order valence-corrected chi connectivity index (χ4v) is 3.07. The van der Waals surface area contributed by atoms with Crippen LogP contribution in [0.4, 0.5) is 0 Å². The van der Waals surface area contributed by atoms with Crippen LogP contribution in [0.3, 0.4) is 0 Å². The minimum absolute atomic E-state index is 0.127. The van der Waals surface area contributed by atoms with E-state index in [0.29, 0.717) is 41.4 Å². The second-order valence-electron chi connectivity index (χ2n) is 5.73. The second kappa shape index (κ2) is 7.35. The maximum absolute atomic E-state index is 11.6. The fraction of sp³-hybridized carbons (Fsp3) is 0.263. The summed E-state index contributed by atoms with van der Waals surface area (Å²) in [6, 6.07) is 10.2. The number of para-hydroxylation sites is 1. The number of phenolic OH excluding ortho intramolecular Hbond substituents is 1. The Kier molecular flexibility index (Phi) is 4.97. The van der Waals surface area contributed by atoms with Crippen molar-refractivity contribution in [3.8, 4) is 23.0 Å². The zero-order valence-electron chi connectivity index (χ0n) is 14.8. The molecule has 1 atom stereocenters. The van der Waals surface area contributed by atoms with Gasteiger partial charge in [-0.2, -0.15) is 5.10 Å². The standard InChI is InChI=1S/C19H20N2O5/c1-24-17-8-12(9-18(25-2)19(17)26-3)15-10-14(20-21(15)11-22)13-6-4-5-7-16(13)23/h4-9,11,15,23H,10H2,1-3H3/t15-/m1/s1. The third-order valence-corrected chi connectivity index (χ3v) is 4.34. The van der Waals surface area contributed by atoms with Gasteiger partial charge in [0.2, 0.25) is 12.2 Å². The van der Waals surface area contributed by atoms with Crippen molar-refractivity contribution in [3.63, 3.8) is 0 Å². The molecule has 0 bridgehead atoms. The Hall–Kier alpha value is -3.22. The SMILES string of the molecule is COc1cc([C@H]2CC(c3ccccc3O)=NN2C=O)cc(OC)c1OC. The van der Waals surface area contributed by atoms with Crippen LogP contribution < -0.4 is 14.2 Å². The van der Waals surface area contributed by atoms with E-state index >= 15 is 0 Å². The van der Waals surface area contributed by atoms with Gasteiger partial charge in [-0.25, -0.2) is 5.01 Å². The normalized spacial score (nSPS) is 16.2. The molecule has 136 valence electrons. The Bertz CT molecular complexity index is 825. The number of hydrogen-bond donors (Lipinski definition) is 1. The van der Waals surface area contributed by atoms with Gasteiger partial charge in [0.05, 0.1) is 33.1 Å². The Morgan fingerprint density at radius 1 is 1.12 bits per heavy atom. The summed E-state index contributed by atoms with van der Waals surface area (Å²) in [4.78, 5) is 11.6. The van der Waals surface area contributed by atoms with Crippen LogP contribution >= 0.6 is 0 Å². The molecule has 1 amide bonds. The number of rotatable bonds is 6. The van der Waals surface area contributed by atoms with E-state index in [-0.39, 0.29) is 11.8 Å². The first kappa shape index (κ1) is 17.6. The first-order chi connectivity index (χ1) is 12.6. The quantitative estimate of drug-likeness (QED) is 0.805. The zero-order chi connectivity index (χ0) is 18.7. The molecule has 0 spiro atoms. The highest BCUT2D eigenvalue weighted by Crippen LogP contribution is 2.43. The van der Waals surface area contributed by atoms with E-state index in [1.807, 2.05) is 6.07 Å². The third kappa shape index (κ3) is 3.03. The summed E-state index contributed by atoms with van der Waals surface area (Å²) in [5.74, 6) is 1.62. The lowest BCUT2D eigenvalue weighted by atomic mass is 9.97. The Morgan fingerprint density at radius 3 is 2.31 bits per heavy atom. The number of hydrogen-bond acceptors (Lipinski definition) is 6. The molecule has 0 aromatic heterocycles. The van der Waals surface area contributed by atoms with Crippen LogP contribution in [0, 0.1) is 0 Å². The lowest BCUT2D eigenvalue weighted by molar-refractivity contribution is -0.119. The second-order valence-corrected chi connectivity index (χ2v) is 5.73. The monoisotopic (exact) mass is 356 g/mol. The Morgan fingerprint density at radius 2 is 1.77 bits per heavy atom. The van der Waals surface area contributed by atoms with Crippen molar-refractivity contribution in [2.75, 3.05) is 21.3 Å². The number of aromatic hydroxyl groups is 1. The number of methoxy groups -OCH3 is 3. The van der Waals surface area contributed by atoms with Crippen molar-refractivity contribution in [3.05, 3.63) is 47.5 Å². The molecule has 0 radical (unpaired) electrons. The van der Waals surface area contributed by atoms with Gasteiger partial charge in [-0.05, 0) is 29.8 Å². The lowest BCUT2D eigenvalue weighted by Gasteiger charge is -2.20. The van der Waals surface area contributed by atoms with Gasteiger partial charge in [-0.15, -0.1) is 0 Å². The molecule has 7 nitrogen and oxygen atoms in total. The van der Waals surface area contributed by atoms with Crippen molar-refractivity contribution < 1.29 is 24.1 Å². The average Bonchev–Trinajstić information content (AvgIpc) is 3.11. The molecule has 1 aliphatic rings. The zero-order valence-corrected chi connectivity index (χ0v) is 14.8. The van der Waals surface area contributed by atoms with Crippen LogP contribution in [-0.4, -0.2) is 43.6 Å². The van der Waals surface area contributed by atoms with Gasteiger partial charge in [0.15, 0.2) is 11.5 Å². The number of carbonyl (C=O) groups excluding carboxylic acids is 1. The number of carbonyl (C=O) groups is 1. The first-order valence-corrected chi connectivity index (χ1v) is 8.02. The highest BCUT2D eigenvalue weighted by Gasteiger charge is 2.31. The molecule has 0 saturated carbocycles. The smallest absolute Gasteiger partial charge is 0.230 e. The van der Waals surface area contributed by atoms with Crippen molar-refractivity contribution in [1.29, 1.82) is 0 Å². The highest BCUT2D eigenvalue weighted by molar-refractivity contribution is 6.04. The molecule has 0 aliphatic carbocycles. The number of hydrazone groups is 1. The molecular weight excluding hydrogens is 336 g/mol. The largest absolute Gasteiger partial charge is 0.507 e. The maximum Gasteiger partial charge on any atom is 0.230 e. The molecule has 2 aromatic rings. The number of phenols is 1. The minimum Gasteiger partial charge on any atom is -0.507 e. The molecule has 1 heterocycles. The number of nitrogens with zero attached hydrogens (tertiary/aromatic N) is 2. The minimum atomic E-state index is -0.337. The van der Waals surface area contributed by atoms with Crippen LogP contribution in [0.5, 0.6) is 23.0 Å². The summed E-state index contributed by atoms with van der Waals surface area (Å²) < 4.78 is 16.1. The van der Waals surface area contributed by atoms with E-state index in [1.165, 1.54) is 26.3 Å². The van der Waals surface area contributed by atoms with Gasteiger partial charge in [-0.3, -0.25) is 4.79 Å². The molecule has 7 heteroatoms. The summed E-state index contributed by atoms with van der Waals surface area (Å²) >= 11 is 0. The topological polar surface area (TPSA) is 80.6 Å². The molecule has 0 fully saturated rings.